The zero-order valence-electron chi connectivity index (χ0n) is 9.14. The molecule has 0 radical (unpaired) electrons. The average Bonchev–Trinajstić information content (AvgIpc) is 2.72. The molecule has 16 heavy (non-hydrogen) atoms. The molecule has 2 N–H and O–H groups in total. The van der Waals surface area contributed by atoms with Gasteiger partial charge in [-0.1, -0.05) is 18.2 Å². The molecular weight excluding hydrogens is 198 g/mol. The number of fused-ring (bicyclic) bond motifs is 3. The van der Waals surface area contributed by atoms with E-state index >= 15 is 0 Å². The highest BCUT2D eigenvalue weighted by Gasteiger charge is 2.06. The molecular formula is C13H13N3. The van der Waals surface area contributed by atoms with Gasteiger partial charge in [-0.05, 0) is 23.9 Å². The van der Waals surface area contributed by atoms with Crippen molar-refractivity contribution in [2.45, 2.75) is 13.5 Å². The van der Waals surface area contributed by atoms with Gasteiger partial charge in [-0.15, -0.1) is 0 Å². The highest BCUT2D eigenvalue weighted by molar-refractivity contribution is 5.96. The summed E-state index contributed by atoms with van der Waals surface area (Å²) in [6.45, 7) is 2.62. The molecule has 0 saturated carbocycles. The van der Waals surface area contributed by atoms with Gasteiger partial charge in [-0.25, -0.2) is 4.98 Å². The van der Waals surface area contributed by atoms with Crippen LogP contribution in [0, 0.1) is 6.92 Å². The Bertz CT molecular complexity index is 667. The molecule has 0 fully saturated rings. The van der Waals surface area contributed by atoms with E-state index in [1.807, 2.05) is 12.4 Å². The molecule has 0 aliphatic rings. The van der Waals surface area contributed by atoms with Crippen molar-refractivity contribution in [1.29, 1.82) is 0 Å². The van der Waals surface area contributed by atoms with Gasteiger partial charge in [0.1, 0.15) is 5.65 Å². The topological polar surface area (TPSA) is 43.3 Å². The standard InChI is InChI=1S/C13H13N3/c1-9-3-2-4-10-5-6-16-11(7-14)8-15-13(16)12(9)10/h2-6,8H,7,14H2,1H3. The van der Waals surface area contributed by atoms with Crippen LogP contribution < -0.4 is 5.73 Å². The fourth-order valence-electron chi connectivity index (χ4n) is 2.19. The zero-order chi connectivity index (χ0) is 11.1. The van der Waals surface area contributed by atoms with Gasteiger partial charge in [0.15, 0.2) is 0 Å². The molecule has 80 valence electrons. The summed E-state index contributed by atoms with van der Waals surface area (Å²) < 4.78 is 2.06. The number of aryl methyl sites for hydroxylation is 1. The first-order valence-electron chi connectivity index (χ1n) is 5.35. The third kappa shape index (κ3) is 1.15. The minimum atomic E-state index is 0.512. The first-order chi connectivity index (χ1) is 7.81. The lowest BCUT2D eigenvalue weighted by molar-refractivity contribution is 0.962. The van der Waals surface area contributed by atoms with E-state index in [0.717, 1.165) is 11.3 Å². The number of hydrogen-bond acceptors (Lipinski definition) is 2. The lowest BCUT2D eigenvalue weighted by Crippen LogP contribution is -2.00. The molecule has 3 aromatic rings. The predicted molar refractivity (Wildman–Crippen MR) is 65.3 cm³/mol. The number of aromatic nitrogens is 2. The second kappa shape index (κ2) is 3.32. The van der Waals surface area contributed by atoms with Gasteiger partial charge in [0.2, 0.25) is 0 Å². The Labute approximate surface area is 93.5 Å². The summed E-state index contributed by atoms with van der Waals surface area (Å²) in [6, 6.07) is 8.40. The maximum absolute atomic E-state index is 5.68. The van der Waals surface area contributed by atoms with Crippen LogP contribution in [0.2, 0.25) is 0 Å². The van der Waals surface area contributed by atoms with Gasteiger partial charge in [0.25, 0.3) is 0 Å². The molecule has 2 heterocycles. The second-order valence-corrected chi connectivity index (χ2v) is 4.00. The molecule has 3 heteroatoms. The smallest absolute Gasteiger partial charge is 0.145 e. The van der Waals surface area contributed by atoms with Gasteiger partial charge in [0, 0.05) is 18.1 Å². The highest BCUT2D eigenvalue weighted by atomic mass is 15.0. The molecule has 2 aromatic heterocycles. The SMILES string of the molecule is Cc1cccc2ccn3c(CN)cnc3c12. The normalized spacial score (nSPS) is 11.4. The van der Waals surface area contributed by atoms with Crippen molar-refractivity contribution in [3.8, 4) is 0 Å². The number of rotatable bonds is 1. The molecule has 0 atom stereocenters. The molecule has 3 nitrogen and oxygen atoms in total. The summed E-state index contributed by atoms with van der Waals surface area (Å²) in [4.78, 5) is 4.46. The average molecular weight is 211 g/mol. The molecule has 0 bridgehead atoms. The van der Waals surface area contributed by atoms with Gasteiger partial charge >= 0.3 is 0 Å². The minimum absolute atomic E-state index is 0.512. The van der Waals surface area contributed by atoms with Crippen molar-refractivity contribution in [1.82, 2.24) is 9.38 Å². The maximum atomic E-state index is 5.68. The van der Waals surface area contributed by atoms with E-state index < -0.39 is 0 Å². The maximum Gasteiger partial charge on any atom is 0.145 e. The number of nitrogens with two attached hydrogens (primary N) is 1. The quantitative estimate of drug-likeness (QED) is 0.671. The van der Waals surface area contributed by atoms with E-state index in [2.05, 4.69) is 40.6 Å². The van der Waals surface area contributed by atoms with Crippen LogP contribution in [0.25, 0.3) is 16.4 Å². The summed E-state index contributed by atoms with van der Waals surface area (Å²) in [5, 5.41) is 2.44. The Morgan fingerprint density at radius 3 is 3.00 bits per heavy atom. The van der Waals surface area contributed by atoms with Gasteiger partial charge < -0.3 is 10.1 Å². The fourth-order valence-corrected chi connectivity index (χ4v) is 2.19. The van der Waals surface area contributed by atoms with Gasteiger partial charge in [-0.3, -0.25) is 0 Å². The van der Waals surface area contributed by atoms with Crippen molar-refractivity contribution in [2.75, 3.05) is 0 Å². The lowest BCUT2D eigenvalue weighted by atomic mass is 10.1. The Morgan fingerprint density at radius 1 is 1.31 bits per heavy atom. The predicted octanol–water partition coefficient (Wildman–Crippen LogP) is 2.25. The molecule has 0 spiro atoms. The van der Waals surface area contributed by atoms with Crippen molar-refractivity contribution in [3.05, 3.63) is 47.9 Å². The van der Waals surface area contributed by atoms with E-state index in [4.69, 9.17) is 5.73 Å². The largest absolute Gasteiger partial charge is 0.325 e. The third-order valence-corrected chi connectivity index (χ3v) is 3.01. The molecule has 3 rings (SSSR count). The second-order valence-electron chi connectivity index (χ2n) is 4.00. The fraction of sp³-hybridized carbons (Fsp3) is 0.154. The number of pyridine rings is 1. The molecule has 0 aliphatic heterocycles. The monoisotopic (exact) mass is 211 g/mol. The number of hydrogen-bond donors (Lipinski definition) is 1. The molecule has 0 saturated heterocycles. The Kier molecular flexibility index (Phi) is 1.94. The first kappa shape index (κ1) is 9.36. The van der Waals surface area contributed by atoms with E-state index in [-0.39, 0.29) is 0 Å². The number of nitrogens with zero attached hydrogens (tertiary/aromatic N) is 2. The Morgan fingerprint density at radius 2 is 2.19 bits per heavy atom. The van der Waals surface area contributed by atoms with Crippen LogP contribution in [-0.4, -0.2) is 9.38 Å². The molecule has 0 unspecified atom stereocenters. The molecule has 0 amide bonds. The van der Waals surface area contributed by atoms with Crippen molar-refractivity contribution in [2.24, 2.45) is 5.73 Å². The van der Waals surface area contributed by atoms with Crippen LogP contribution in [0.1, 0.15) is 11.3 Å². The van der Waals surface area contributed by atoms with E-state index in [9.17, 15) is 0 Å². The van der Waals surface area contributed by atoms with Crippen LogP contribution in [0.4, 0.5) is 0 Å². The summed E-state index contributed by atoms with van der Waals surface area (Å²) >= 11 is 0. The summed E-state index contributed by atoms with van der Waals surface area (Å²) in [6.07, 6.45) is 3.88. The minimum Gasteiger partial charge on any atom is -0.325 e. The van der Waals surface area contributed by atoms with Crippen LogP contribution in [-0.2, 0) is 6.54 Å². The van der Waals surface area contributed by atoms with E-state index in [1.165, 1.54) is 16.3 Å². The summed E-state index contributed by atoms with van der Waals surface area (Å²) in [7, 11) is 0. The van der Waals surface area contributed by atoms with Crippen LogP contribution >= 0.6 is 0 Å². The first-order valence-corrected chi connectivity index (χ1v) is 5.35. The summed E-state index contributed by atoms with van der Waals surface area (Å²) in [5.41, 5.74) is 8.97. The van der Waals surface area contributed by atoms with Crippen molar-refractivity contribution < 1.29 is 0 Å². The van der Waals surface area contributed by atoms with Gasteiger partial charge in [-0.2, -0.15) is 0 Å². The van der Waals surface area contributed by atoms with Crippen LogP contribution in [0.5, 0.6) is 0 Å². The Balaban J connectivity index is 2.54. The van der Waals surface area contributed by atoms with Gasteiger partial charge in [0.05, 0.1) is 11.9 Å². The third-order valence-electron chi connectivity index (χ3n) is 3.01. The number of imidazole rings is 1. The summed E-state index contributed by atoms with van der Waals surface area (Å²) in [5.74, 6) is 0. The zero-order valence-corrected chi connectivity index (χ0v) is 9.14. The molecule has 0 aliphatic carbocycles. The van der Waals surface area contributed by atoms with Crippen LogP contribution in [0.15, 0.2) is 36.7 Å². The molecule has 1 aromatic carbocycles. The van der Waals surface area contributed by atoms with Crippen molar-refractivity contribution >= 4 is 16.4 Å². The van der Waals surface area contributed by atoms with Crippen molar-refractivity contribution in [3.63, 3.8) is 0 Å². The Hall–Kier alpha value is -1.87. The van der Waals surface area contributed by atoms with E-state index in [1.54, 1.807) is 0 Å². The van der Waals surface area contributed by atoms with E-state index in [0.29, 0.717) is 6.54 Å². The lowest BCUT2D eigenvalue weighted by Gasteiger charge is -2.05. The van der Waals surface area contributed by atoms with Crippen LogP contribution in [0.3, 0.4) is 0 Å². The number of benzene rings is 1. The highest BCUT2D eigenvalue weighted by Crippen LogP contribution is 2.23.